The molecule has 0 aliphatic carbocycles. The second-order valence-corrected chi connectivity index (χ2v) is 15.9. The molecule has 4 aromatic rings. The fraction of sp³-hybridized carbons (Fsp3) is 0.432. The number of hydrogen-bond donors (Lipinski definition) is 8. The number of fused-ring (bicyclic) bond motifs is 2. The summed E-state index contributed by atoms with van der Waals surface area (Å²) >= 11 is 0. The Morgan fingerprint density at radius 1 is 0.661 bits per heavy atom. The Kier molecular flexibility index (Phi) is 14.2. The second kappa shape index (κ2) is 19.4. The van der Waals surface area contributed by atoms with Gasteiger partial charge in [-0.2, -0.15) is 0 Å². The molecule has 5 unspecified atom stereocenters. The molecule has 15 nitrogen and oxygen atoms in total. The van der Waals surface area contributed by atoms with Gasteiger partial charge in [0.05, 0.1) is 6.04 Å². The van der Waals surface area contributed by atoms with Crippen LogP contribution in [-0.4, -0.2) is 94.6 Å². The number of aromatic amines is 1. The van der Waals surface area contributed by atoms with Gasteiger partial charge in [-0.15, -0.1) is 0 Å². The first-order valence-corrected chi connectivity index (χ1v) is 20.2. The van der Waals surface area contributed by atoms with E-state index in [1.807, 2.05) is 84.9 Å². The number of hydrogen-bond acceptors (Lipinski definition) is 9. The predicted octanol–water partition coefficient (Wildman–Crippen LogP) is 1.87. The van der Waals surface area contributed by atoms with E-state index in [1.165, 1.54) is 13.8 Å². The first-order valence-electron chi connectivity index (χ1n) is 20.2. The van der Waals surface area contributed by atoms with E-state index in [4.69, 9.17) is 15.2 Å². The van der Waals surface area contributed by atoms with E-state index in [1.54, 1.807) is 13.1 Å². The Hall–Kier alpha value is -5.61. The average Bonchev–Trinajstić information content (AvgIpc) is 3.75. The minimum atomic E-state index is -1.66. The Balaban J connectivity index is 1.42. The lowest BCUT2D eigenvalue weighted by Crippen LogP contribution is -2.62. The van der Waals surface area contributed by atoms with Crippen LogP contribution >= 0.6 is 0 Å². The Morgan fingerprint density at radius 3 is 1.76 bits per heavy atom. The normalized spacial score (nSPS) is 26.0. The Bertz CT molecular complexity index is 2070. The lowest BCUT2D eigenvalue weighted by molar-refractivity contribution is -0.276. The number of H-pyrrole nitrogens is 1. The summed E-state index contributed by atoms with van der Waals surface area (Å²) in [6.45, 7) is 4.92. The summed E-state index contributed by atoms with van der Waals surface area (Å²) in [5, 5.41) is 25.9. The topological polar surface area (TPSA) is 226 Å². The summed E-state index contributed by atoms with van der Waals surface area (Å²) in [4.78, 5) is 75.2. The van der Waals surface area contributed by atoms with E-state index in [9.17, 15) is 29.1 Å². The SMILES string of the molecule is C[C@H]1C(OC(C)(C)O)O[C@@H]2C(=O)NC(Cc3ccccc3)C(=O)N[C@H](Cc3c[nH]c4ccccc34)C(=O)NC(CCCCN)C(=O)NC(Cc3ccccc3)C(=O)NC12. The number of benzene rings is 3. The number of para-hydroxylation sites is 1. The summed E-state index contributed by atoms with van der Waals surface area (Å²) in [5.74, 6) is -5.57. The predicted molar refractivity (Wildman–Crippen MR) is 220 cm³/mol. The van der Waals surface area contributed by atoms with Crippen LogP contribution in [0.15, 0.2) is 91.1 Å². The van der Waals surface area contributed by atoms with Crippen molar-refractivity contribution in [1.29, 1.82) is 0 Å². The summed E-state index contributed by atoms with van der Waals surface area (Å²) in [6.07, 6.45) is 0.712. The first-order chi connectivity index (χ1) is 28.3. The van der Waals surface area contributed by atoms with Crippen molar-refractivity contribution in [3.8, 4) is 0 Å². The third-order valence-corrected chi connectivity index (χ3v) is 10.7. The summed E-state index contributed by atoms with van der Waals surface area (Å²) in [5.41, 5.74) is 8.88. The number of carbonyl (C=O) groups is 5. The number of aromatic nitrogens is 1. The number of nitrogens with two attached hydrogens (primary N) is 1. The molecule has 8 atom stereocenters. The molecular formula is C44H55N7O8. The molecule has 6 rings (SSSR count). The smallest absolute Gasteiger partial charge is 0.252 e. The number of carbonyl (C=O) groups excluding carboxylic acids is 5. The van der Waals surface area contributed by atoms with Crippen LogP contribution in [0, 0.1) is 5.92 Å². The summed E-state index contributed by atoms with van der Waals surface area (Å²) in [6, 6.07) is 20.1. The lowest BCUT2D eigenvalue weighted by atomic mass is 9.96. The van der Waals surface area contributed by atoms with Crippen LogP contribution in [0.1, 0.15) is 56.7 Å². The molecule has 1 aromatic heterocycles. The van der Waals surface area contributed by atoms with E-state index in [0.717, 1.165) is 27.6 Å². The molecule has 5 amide bonds. The molecule has 9 N–H and O–H groups in total. The van der Waals surface area contributed by atoms with Gasteiger partial charge >= 0.3 is 0 Å². The molecule has 0 radical (unpaired) electrons. The van der Waals surface area contributed by atoms with Gasteiger partial charge in [0.2, 0.25) is 23.6 Å². The van der Waals surface area contributed by atoms with Crippen molar-refractivity contribution in [3.05, 3.63) is 108 Å². The molecule has 2 aliphatic heterocycles. The molecule has 0 spiro atoms. The van der Waals surface area contributed by atoms with Crippen molar-refractivity contribution in [1.82, 2.24) is 31.6 Å². The molecule has 2 fully saturated rings. The maximum atomic E-state index is 14.5. The largest absolute Gasteiger partial charge is 0.366 e. The minimum absolute atomic E-state index is 0.0467. The van der Waals surface area contributed by atoms with Gasteiger partial charge in [0, 0.05) is 42.3 Å². The number of unbranched alkanes of at least 4 members (excludes halogenated alkanes) is 1. The Labute approximate surface area is 343 Å². The quantitative estimate of drug-likeness (QED) is 0.0772. The van der Waals surface area contributed by atoms with E-state index in [2.05, 4.69) is 31.6 Å². The van der Waals surface area contributed by atoms with Crippen molar-refractivity contribution in [2.75, 3.05) is 6.54 Å². The summed E-state index contributed by atoms with van der Waals surface area (Å²) in [7, 11) is 0. The van der Waals surface area contributed by atoms with Gasteiger partial charge < -0.3 is 51.9 Å². The number of amides is 5. The summed E-state index contributed by atoms with van der Waals surface area (Å²) < 4.78 is 11.9. The van der Waals surface area contributed by atoms with Gasteiger partial charge in [-0.3, -0.25) is 24.0 Å². The standard InChI is InChI=1S/C44H55N7O8/c1-26-36-37(58-43(26)59-44(2,3)57)42(56)50-33(22-27-14-6-4-7-15-27)39(53)49-35(24-29-25-46-31-19-11-10-18-30(29)31)40(54)47-32(20-12-13-21-45)38(52)48-34(41(55)51-36)23-28-16-8-5-9-17-28/h4-11,14-19,25-26,32-37,43,46,57H,12-13,20-24,45H2,1-3H3,(H,47,54)(H,48,52)(H,49,53)(H,50,56)(H,51,55)/t26-,32?,33?,34?,35-,36?,37+,43?/m1/s1. The van der Waals surface area contributed by atoms with Gasteiger partial charge in [-0.1, -0.05) is 85.8 Å². The van der Waals surface area contributed by atoms with Gasteiger partial charge in [-0.05, 0) is 62.4 Å². The molecule has 15 heteroatoms. The van der Waals surface area contributed by atoms with Crippen molar-refractivity contribution in [2.24, 2.45) is 11.7 Å². The van der Waals surface area contributed by atoms with Crippen LogP contribution in [0.2, 0.25) is 0 Å². The molecule has 3 heterocycles. The molecule has 59 heavy (non-hydrogen) atoms. The molecule has 314 valence electrons. The van der Waals surface area contributed by atoms with Crippen LogP contribution in [0.3, 0.4) is 0 Å². The van der Waals surface area contributed by atoms with E-state index in [0.29, 0.717) is 19.4 Å². The van der Waals surface area contributed by atoms with Crippen molar-refractivity contribution < 1.29 is 38.6 Å². The van der Waals surface area contributed by atoms with Crippen LogP contribution in [-0.2, 0) is 52.7 Å². The fourth-order valence-corrected chi connectivity index (χ4v) is 7.59. The molecule has 2 aliphatic rings. The van der Waals surface area contributed by atoms with Gasteiger partial charge in [0.25, 0.3) is 5.91 Å². The zero-order valence-corrected chi connectivity index (χ0v) is 33.6. The van der Waals surface area contributed by atoms with Crippen LogP contribution in [0.4, 0.5) is 0 Å². The third-order valence-electron chi connectivity index (χ3n) is 10.7. The molecular weight excluding hydrogens is 755 g/mol. The van der Waals surface area contributed by atoms with Crippen LogP contribution < -0.4 is 32.3 Å². The molecule has 3 aromatic carbocycles. The maximum absolute atomic E-state index is 14.5. The second-order valence-electron chi connectivity index (χ2n) is 15.9. The highest BCUT2D eigenvalue weighted by atomic mass is 16.7. The first kappa shape index (κ1) is 43.0. The van der Waals surface area contributed by atoms with Crippen molar-refractivity contribution in [3.63, 3.8) is 0 Å². The van der Waals surface area contributed by atoms with E-state index >= 15 is 0 Å². The molecule has 0 bridgehead atoms. The number of aliphatic hydroxyl groups is 1. The lowest BCUT2D eigenvalue weighted by Gasteiger charge is -2.30. The monoisotopic (exact) mass is 809 g/mol. The highest BCUT2D eigenvalue weighted by molar-refractivity contribution is 5.97. The van der Waals surface area contributed by atoms with Crippen LogP contribution in [0.25, 0.3) is 10.9 Å². The fourth-order valence-electron chi connectivity index (χ4n) is 7.59. The van der Waals surface area contributed by atoms with E-state index < -0.39 is 83.8 Å². The zero-order valence-electron chi connectivity index (χ0n) is 33.6. The highest BCUT2D eigenvalue weighted by Crippen LogP contribution is 2.31. The van der Waals surface area contributed by atoms with Gasteiger partial charge in [0.1, 0.15) is 24.2 Å². The zero-order chi connectivity index (χ0) is 42.1. The maximum Gasteiger partial charge on any atom is 0.252 e. The van der Waals surface area contributed by atoms with Crippen molar-refractivity contribution >= 4 is 40.4 Å². The van der Waals surface area contributed by atoms with Crippen molar-refractivity contribution in [2.45, 2.75) is 108 Å². The molecule has 0 saturated carbocycles. The number of rotatable bonds is 12. The number of ether oxygens (including phenoxy) is 2. The highest BCUT2D eigenvalue weighted by Gasteiger charge is 2.49. The third kappa shape index (κ3) is 11.3. The average molecular weight is 810 g/mol. The van der Waals surface area contributed by atoms with Gasteiger partial charge in [0.15, 0.2) is 18.2 Å². The Morgan fingerprint density at radius 2 is 1.17 bits per heavy atom. The number of nitrogens with one attached hydrogen (secondary N) is 6. The minimum Gasteiger partial charge on any atom is -0.366 e. The van der Waals surface area contributed by atoms with Crippen LogP contribution in [0.5, 0.6) is 0 Å². The van der Waals surface area contributed by atoms with Gasteiger partial charge in [-0.25, -0.2) is 0 Å². The molecule has 2 saturated heterocycles. The van der Waals surface area contributed by atoms with E-state index in [-0.39, 0.29) is 25.7 Å².